The van der Waals surface area contributed by atoms with Crippen molar-refractivity contribution in [1.29, 1.82) is 0 Å². The van der Waals surface area contributed by atoms with Crippen molar-refractivity contribution >= 4 is 17.9 Å². The Morgan fingerprint density at radius 2 is 1.56 bits per heavy atom. The van der Waals surface area contributed by atoms with Crippen molar-refractivity contribution in [2.75, 3.05) is 0 Å². The van der Waals surface area contributed by atoms with E-state index in [1.165, 1.54) is 30.4 Å². The Balaban J connectivity index is 2.02. The third-order valence-corrected chi connectivity index (χ3v) is 3.34. The molecule has 0 aliphatic carbocycles. The predicted molar refractivity (Wildman–Crippen MR) is 95.9 cm³/mol. The summed E-state index contributed by atoms with van der Waals surface area (Å²) in [4.78, 5) is 11.8. The zero-order chi connectivity index (χ0) is 18.2. The molecule has 0 bridgehead atoms. The minimum Gasteiger partial charge on any atom is -0.508 e. The van der Waals surface area contributed by atoms with Crippen molar-refractivity contribution in [1.82, 2.24) is 0 Å². The summed E-state index contributed by atoms with van der Waals surface area (Å²) in [5.74, 6) is -0.477. The van der Waals surface area contributed by atoms with Gasteiger partial charge < -0.3 is 20.4 Å². The number of phenols is 2. The SMILES string of the molecule is O=C(C=C(O)/C=C/c1ccc(O)c(CO)c1)/C=C/c1ccc(O)cc1. The smallest absolute Gasteiger partial charge is 0.182 e. The van der Waals surface area contributed by atoms with E-state index in [9.17, 15) is 20.1 Å². The second-order valence-electron chi connectivity index (χ2n) is 5.28. The van der Waals surface area contributed by atoms with Crippen molar-refractivity contribution in [2.24, 2.45) is 0 Å². The van der Waals surface area contributed by atoms with Gasteiger partial charge >= 0.3 is 0 Å². The quantitative estimate of drug-likeness (QED) is 0.368. The van der Waals surface area contributed by atoms with Crippen LogP contribution in [0, 0.1) is 0 Å². The van der Waals surface area contributed by atoms with Crippen LogP contribution in [0.15, 0.2) is 66.5 Å². The Kier molecular flexibility index (Phi) is 6.14. The highest BCUT2D eigenvalue weighted by Crippen LogP contribution is 2.19. The lowest BCUT2D eigenvalue weighted by Crippen LogP contribution is -1.89. The molecule has 0 aromatic heterocycles. The largest absolute Gasteiger partial charge is 0.508 e. The van der Waals surface area contributed by atoms with Crippen LogP contribution in [0.3, 0.4) is 0 Å². The van der Waals surface area contributed by atoms with E-state index in [0.717, 1.165) is 11.6 Å². The maximum atomic E-state index is 11.8. The lowest BCUT2D eigenvalue weighted by molar-refractivity contribution is -0.110. The van der Waals surface area contributed by atoms with E-state index in [2.05, 4.69) is 0 Å². The van der Waals surface area contributed by atoms with E-state index in [0.29, 0.717) is 11.1 Å². The fraction of sp³-hybridized carbons (Fsp3) is 0.0500. The molecule has 4 N–H and O–H groups in total. The molecule has 25 heavy (non-hydrogen) atoms. The van der Waals surface area contributed by atoms with Crippen molar-refractivity contribution in [2.45, 2.75) is 6.61 Å². The molecule has 0 amide bonds. The average molecular weight is 338 g/mol. The number of ketones is 1. The summed E-state index contributed by atoms with van der Waals surface area (Å²) in [6.45, 7) is -0.296. The van der Waals surface area contributed by atoms with Gasteiger partial charge in [-0.25, -0.2) is 0 Å². The van der Waals surface area contributed by atoms with Crippen molar-refractivity contribution in [3.05, 3.63) is 83.1 Å². The van der Waals surface area contributed by atoms with E-state index in [4.69, 9.17) is 5.11 Å². The monoisotopic (exact) mass is 338 g/mol. The molecule has 5 heteroatoms. The minimum absolute atomic E-state index is 0.00559. The van der Waals surface area contributed by atoms with Crippen LogP contribution >= 0.6 is 0 Å². The Morgan fingerprint density at radius 1 is 0.920 bits per heavy atom. The number of aliphatic hydroxyl groups is 2. The molecule has 5 nitrogen and oxygen atoms in total. The number of aromatic hydroxyl groups is 2. The minimum atomic E-state index is -0.392. The highest BCUT2D eigenvalue weighted by Gasteiger charge is 2.00. The predicted octanol–water partition coefficient (Wildman–Crippen LogP) is 3.33. The van der Waals surface area contributed by atoms with Crippen LogP contribution in [0.1, 0.15) is 16.7 Å². The molecule has 0 unspecified atom stereocenters. The molecular formula is C20H18O5. The van der Waals surface area contributed by atoms with Crippen LogP contribution < -0.4 is 0 Å². The second-order valence-corrected chi connectivity index (χ2v) is 5.28. The van der Waals surface area contributed by atoms with Crippen molar-refractivity contribution in [3.63, 3.8) is 0 Å². The van der Waals surface area contributed by atoms with Gasteiger partial charge in [-0.1, -0.05) is 30.4 Å². The fourth-order valence-electron chi connectivity index (χ4n) is 2.02. The molecule has 0 saturated carbocycles. The summed E-state index contributed by atoms with van der Waals surface area (Å²) in [5, 5.41) is 37.6. The Hall–Kier alpha value is -3.31. The zero-order valence-corrected chi connectivity index (χ0v) is 13.3. The summed E-state index contributed by atoms with van der Waals surface area (Å²) in [6, 6.07) is 11.0. The first kappa shape index (κ1) is 18.0. The molecular weight excluding hydrogens is 320 g/mol. The summed E-state index contributed by atoms with van der Waals surface area (Å²) in [7, 11) is 0. The van der Waals surface area contributed by atoms with Gasteiger partial charge in [0.1, 0.15) is 17.3 Å². The molecule has 0 atom stereocenters. The van der Waals surface area contributed by atoms with E-state index in [1.807, 2.05) is 0 Å². The number of carbonyl (C=O) groups is 1. The summed E-state index contributed by atoms with van der Waals surface area (Å²) in [6.07, 6.45) is 6.85. The highest BCUT2D eigenvalue weighted by atomic mass is 16.3. The first-order valence-corrected chi connectivity index (χ1v) is 7.50. The Labute approximate surface area is 145 Å². The molecule has 0 fully saturated rings. The number of benzene rings is 2. The lowest BCUT2D eigenvalue weighted by atomic mass is 10.1. The number of hydrogen-bond acceptors (Lipinski definition) is 5. The molecule has 2 rings (SSSR count). The van der Waals surface area contributed by atoms with Crippen LogP contribution in [0.4, 0.5) is 0 Å². The van der Waals surface area contributed by atoms with Gasteiger partial charge in [0, 0.05) is 11.6 Å². The Bertz CT molecular complexity index is 830. The van der Waals surface area contributed by atoms with Gasteiger partial charge in [0.2, 0.25) is 0 Å². The van der Waals surface area contributed by atoms with Gasteiger partial charge in [-0.2, -0.15) is 0 Å². The molecule has 128 valence electrons. The van der Waals surface area contributed by atoms with Crippen LogP contribution in [0.2, 0.25) is 0 Å². The highest BCUT2D eigenvalue weighted by molar-refractivity contribution is 6.02. The molecule has 0 saturated heterocycles. The molecule has 0 aliphatic heterocycles. The molecule has 0 spiro atoms. The van der Waals surface area contributed by atoms with Gasteiger partial charge in [-0.05, 0) is 47.5 Å². The zero-order valence-electron chi connectivity index (χ0n) is 13.3. The van der Waals surface area contributed by atoms with Gasteiger partial charge in [-0.15, -0.1) is 0 Å². The standard InChI is InChI=1S/C20H18O5/c21-13-16-11-15(5-10-20(16)25)4-9-19(24)12-18(23)8-3-14-1-6-17(22)7-2-14/h1-12,21-22,24-25H,13H2/b8-3+,9-4+,19-12?. The van der Waals surface area contributed by atoms with E-state index in [-0.39, 0.29) is 23.9 Å². The number of phenolic OH excluding ortho intramolecular Hbond substituents is 1. The third-order valence-electron chi connectivity index (χ3n) is 3.34. The number of carbonyl (C=O) groups excluding carboxylic acids is 1. The molecule has 0 aliphatic rings. The third kappa shape index (κ3) is 5.67. The summed E-state index contributed by atoms with van der Waals surface area (Å²) >= 11 is 0. The van der Waals surface area contributed by atoms with Crippen LogP contribution in [0.25, 0.3) is 12.2 Å². The lowest BCUT2D eigenvalue weighted by Gasteiger charge is -2.01. The van der Waals surface area contributed by atoms with Gasteiger partial charge in [0.15, 0.2) is 5.78 Å². The molecule has 0 heterocycles. The summed E-state index contributed by atoms with van der Waals surface area (Å²) < 4.78 is 0. The first-order valence-electron chi connectivity index (χ1n) is 7.50. The molecule has 0 radical (unpaired) electrons. The molecule has 2 aromatic carbocycles. The van der Waals surface area contributed by atoms with Gasteiger partial charge in [-0.3, -0.25) is 4.79 Å². The van der Waals surface area contributed by atoms with Crippen molar-refractivity contribution < 1.29 is 25.2 Å². The fourth-order valence-corrected chi connectivity index (χ4v) is 2.02. The summed E-state index contributed by atoms with van der Waals surface area (Å²) in [5.41, 5.74) is 1.78. The number of allylic oxidation sites excluding steroid dienone is 3. The Morgan fingerprint density at radius 3 is 2.24 bits per heavy atom. The second kappa shape index (κ2) is 8.52. The maximum absolute atomic E-state index is 11.8. The average Bonchev–Trinajstić information content (AvgIpc) is 2.60. The van der Waals surface area contributed by atoms with Gasteiger partial charge in [0.25, 0.3) is 0 Å². The van der Waals surface area contributed by atoms with Crippen LogP contribution in [0.5, 0.6) is 11.5 Å². The number of rotatable bonds is 6. The van der Waals surface area contributed by atoms with Gasteiger partial charge in [0.05, 0.1) is 6.61 Å². The first-order chi connectivity index (χ1) is 12.0. The van der Waals surface area contributed by atoms with E-state index in [1.54, 1.807) is 36.4 Å². The van der Waals surface area contributed by atoms with E-state index < -0.39 is 5.78 Å². The topological polar surface area (TPSA) is 98.0 Å². The normalized spacial score (nSPS) is 12.1. The van der Waals surface area contributed by atoms with Crippen molar-refractivity contribution in [3.8, 4) is 11.5 Å². The maximum Gasteiger partial charge on any atom is 0.182 e. The number of aliphatic hydroxyl groups excluding tert-OH is 2. The van der Waals surface area contributed by atoms with Crippen LogP contribution in [-0.2, 0) is 11.4 Å². The van der Waals surface area contributed by atoms with E-state index >= 15 is 0 Å². The van der Waals surface area contributed by atoms with Crippen LogP contribution in [-0.4, -0.2) is 26.2 Å². The number of hydrogen-bond donors (Lipinski definition) is 4. The molecule has 2 aromatic rings.